The Hall–Kier alpha value is -3.85. The number of anilines is 3. The van der Waals surface area contributed by atoms with Crippen molar-refractivity contribution in [3.8, 4) is 17.9 Å². The molecule has 2 heterocycles. The molecular weight excluding hydrogens is 337 g/mol. The molecule has 0 spiro atoms. The molecule has 2 aromatic heterocycles. The Morgan fingerprint density at radius 2 is 2.08 bits per heavy atom. The zero-order valence-electron chi connectivity index (χ0n) is 13.8. The summed E-state index contributed by atoms with van der Waals surface area (Å²) in [5.41, 5.74) is 2.17. The van der Waals surface area contributed by atoms with Crippen molar-refractivity contribution in [2.75, 3.05) is 31.0 Å². The number of methoxy groups -OCH3 is 1. The number of benzene rings is 1. The molecule has 9 heteroatoms. The monoisotopic (exact) mass is 351 g/mol. The molecule has 8 nitrogen and oxygen atoms in total. The third-order valence-corrected chi connectivity index (χ3v) is 3.58. The van der Waals surface area contributed by atoms with Gasteiger partial charge < -0.3 is 15.4 Å². The number of fused-ring (bicyclic) bond motifs is 1. The highest BCUT2D eigenvalue weighted by Gasteiger charge is 2.13. The van der Waals surface area contributed by atoms with Gasteiger partial charge in [0.2, 0.25) is 0 Å². The van der Waals surface area contributed by atoms with Crippen molar-refractivity contribution in [2.45, 2.75) is 0 Å². The molecule has 0 fully saturated rings. The minimum atomic E-state index is -0.554. The van der Waals surface area contributed by atoms with Crippen LogP contribution in [0.5, 0.6) is 5.75 Å². The number of hydrogen-bond donors (Lipinski definition) is 2. The fraction of sp³-hybridized carbons (Fsp3) is 0.176. The highest BCUT2D eigenvalue weighted by Crippen LogP contribution is 2.29. The van der Waals surface area contributed by atoms with Gasteiger partial charge in [0, 0.05) is 12.6 Å². The van der Waals surface area contributed by atoms with E-state index >= 15 is 0 Å². The first-order valence-electron chi connectivity index (χ1n) is 7.64. The number of nitriles is 2. The Morgan fingerprint density at radius 1 is 1.23 bits per heavy atom. The van der Waals surface area contributed by atoms with E-state index < -0.39 is 6.67 Å². The van der Waals surface area contributed by atoms with Gasteiger partial charge in [0.05, 0.1) is 36.3 Å². The largest absolute Gasteiger partial charge is 0.495 e. The van der Waals surface area contributed by atoms with Crippen molar-refractivity contribution in [2.24, 2.45) is 0 Å². The number of hydrogen-bond acceptors (Lipinski definition) is 7. The van der Waals surface area contributed by atoms with Crippen LogP contribution in [0.2, 0.25) is 0 Å². The lowest BCUT2D eigenvalue weighted by atomic mass is 10.2. The van der Waals surface area contributed by atoms with E-state index in [1.165, 1.54) is 17.8 Å². The van der Waals surface area contributed by atoms with Gasteiger partial charge in [-0.1, -0.05) is 0 Å². The predicted molar refractivity (Wildman–Crippen MR) is 93.2 cm³/mol. The number of aromatic nitrogens is 3. The van der Waals surface area contributed by atoms with Gasteiger partial charge in [-0.25, -0.2) is 9.37 Å². The maximum absolute atomic E-state index is 12.6. The van der Waals surface area contributed by atoms with Crippen LogP contribution in [0.15, 0.2) is 30.5 Å². The van der Waals surface area contributed by atoms with Gasteiger partial charge in [-0.3, -0.25) is 0 Å². The molecule has 0 bridgehead atoms. The summed E-state index contributed by atoms with van der Waals surface area (Å²) in [6, 6.07) is 10.6. The van der Waals surface area contributed by atoms with Gasteiger partial charge in [0.25, 0.3) is 0 Å². The van der Waals surface area contributed by atoms with Crippen LogP contribution in [0, 0.1) is 22.7 Å². The molecular formula is C17H14FN7O. The molecule has 0 aliphatic heterocycles. The first kappa shape index (κ1) is 17.0. The second kappa shape index (κ2) is 7.36. The number of ether oxygens (including phenoxy) is 1. The van der Waals surface area contributed by atoms with E-state index in [1.54, 1.807) is 24.3 Å². The molecule has 0 atom stereocenters. The van der Waals surface area contributed by atoms with Crippen molar-refractivity contribution in [3.63, 3.8) is 0 Å². The highest BCUT2D eigenvalue weighted by molar-refractivity contribution is 5.74. The van der Waals surface area contributed by atoms with E-state index in [2.05, 4.69) is 26.8 Å². The maximum Gasteiger partial charge on any atom is 0.178 e. The number of imidazole rings is 1. The smallest absolute Gasteiger partial charge is 0.178 e. The molecule has 0 radical (unpaired) electrons. The topological polar surface area (TPSA) is 111 Å². The van der Waals surface area contributed by atoms with E-state index in [-0.39, 0.29) is 12.2 Å². The Bertz CT molecular complexity index is 1030. The zero-order chi connectivity index (χ0) is 18.5. The van der Waals surface area contributed by atoms with Gasteiger partial charge in [-0.05, 0) is 18.2 Å². The summed E-state index contributed by atoms with van der Waals surface area (Å²) < 4.78 is 19.2. The van der Waals surface area contributed by atoms with Gasteiger partial charge >= 0.3 is 0 Å². The average Bonchev–Trinajstić information content (AvgIpc) is 3.09. The Kier molecular flexibility index (Phi) is 4.81. The van der Waals surface area contributed by atoms with E-state index in [4.69, 9.17) is 10.00 Å². The van der Waals surface area contributed by atoms with Crippen LogP contribution in [-0.2, 0) is 0 Å². The van der Waals surface area contributed by atoms with Crippen LogP contribution < -0.4 is 15.4 Å². The molecule has 130 valence electrons. The van der Waals surface area contributed by atoms with Crippen LogP contribution in [0.25, 0.3) is 5.65 Å². The van der Waals surface area contributed by atoms with Gasteiger partial charge in [-0.2, -0.15) is 15.0 Å². The molecule has 0 saturated heterocycles. The van der Waals surface area contributed by atoms with Crippen LogP contribution in [0.3, 0.4) is 0 Å². The number of rotatable bonds is 6. The summed E-state index contributed by atoms with van der Waals surface area (Å²) in [7, 11) is 1.51. The molecule has 0 unspecified atom stereocenters. The lowest BCUT2D eigenvalue weighted by molar-refractivity contribution is 0.417. The van der Waals surface area contributed by atoms with Crippen molar-refractivity contribution in [3.05, 3.63) is 41.7 Å². The van der Waals surface area contributed by atoms with Crippen LogP contribution >= 0.6 is 0 Å². The molecule has 1 aromatic carbocycles. The van der Waals surface area contributed by atoms with Crippen LogP contribution in [0.4, 0.5) is 21.6 Å². The minimum Gasteiger partial charge on any atom is -0.495 e. The van der Waals surface area contributed by atoms with Gasteiger partial charge in [-0.15, -0.1) is 5.10 Å². The number of alkyl halides is 1. The fourth-order valence-electron chi connectivity index (χ4n) is 2.43. The van der Waals surface area contributed by atoms with Crippen molar-refractivity contribution < 1.29 is 9.13 Å². The fourth-order valence-corrected chi connectivity index (χ4v) is 2.43. The van der Waals surface area contributed by atoms with Gasteiger partial charge in [0.1, 0.15) is 18.5 Å². The van der Waals surface area contributed by atoms with E-state index in [1.807, 2.05) is 6.07 Å². The molecule has 26 heavy (non-hydrogen) atoms. The molecule has 3 aromatic rings. The summed E-state index contributed by atoms with van der Waals surface area (Å²) in [6.45, 7) is -0.456. The zero-order valence-corrected chi connectivity index (χ0v) is 13.8. The minimum absolute atomic E-state index is 0.0983. The number of nitrogens with zero attached hydrogens (tertiary/aromatic N) is 5. The summed E-state index contributed by atoms with van der Waals surface area (Å²) >= 11 is 0. The molecule has 0 saturated carbocycles. The summed E-state index contributed by atoms with van der Waals surface area (Å²) in [5, 5.41) is 28.6. The Labute approximate surface area is 148 Å². The molecule has 0 aliphatic carbocycles. The quantitative estimate of drug-likeness (QED) is 0.702. The maximum atomic E-state index is 12.6. The third kappa shape index (κ3) is 3.19. The van der Waals surface area contributed by atoms with Crippen molar-refractivity contribution in [1.82, 2.24) is 14.6 Å². The SMILES string of the molecule is COc1ccc(C#N)cc1Nc1cc(NCCF)c2ncc(C#N)n2n1. The Morgan fingerprint density at radius 3 is 2.77 bits per heavy atom. The predicted octanol–water partition coefficient (Wildman–Crippen LogP) is 2.61. The van der Waals surface area contributed by atoms with Crippen molar-refractivity contribution in [1.29, 1.82) is 10.5 Å². The van der Waals surface area contributed by atoms with E-state index in [0.717, 1.165) is 0 Å². The molecule has 0 aliphatic rings. The molecule has 2 N–H and O–H groups in total. The van der Waals surface area contributed by atoms with Gasteiger partial charge in [0.15, 0.2) is 17.2 Å². The van der Waals surface area contributed by atoms with Crippen LogP contribution in [0.1, 0.15) is 11.3 Å². The van der Waals surface area contributed by atoms with E-state index in [9.17, 15) is 9.65 Å². The normalized spacial score (nSPS) is 10.2. The average molecular weight is 351 g/mol. The molecule has 0 amide bonds. The summed E-state index contributed by atoms with van der Waals surface area (Å²) in [5.74, 6) is 0.900. The van der Waals surface area contributed by atoms with Crippen LogP contribution in [-0.4, -0.2) is 34.9 Å². The standard InChI is InChI=1S/C17H14FN7O/c1-26-15-3-2-11(8-19)6-13(15)23-16-7-14(21-5-4-18)17-22-10-12(9-20)25(17)24-16/h2-3,6-7,10,21H,4-5H2,1H3,(H,23,24). The lowest BCUT2D eigenvalue weighted by Crippen LogP contribution is -2.08. The molecule has 3 rings (SSSR count). The second-order valence-corrected chi connectivity index (χ2v) is 5.20. The number of nitrogens with one attached hydrogen (secondary N) is 2. The number of halogens is 1. The lowest BCUT2D eigenvalue weighted by Gasteiger charge is -2.13. The second-order valence-electron chi connectivity index (χ2n) is 5.20. The Balaban J connectivity index is 2.08. The highest BCUT2D eigenvalue weighted by atomic mass is 19.1. The summed E-state index contributed by atoms with van der Waals surface area (Å²) in [6.07, 6.45) is 1.39. The first-order chi connectivity index (χ1) is 12.7. The van der Waals surface area contributed by atoms with E-state index in [0.29, 0.717) is 34.2 Å². The first-order valence-corrected chi connectivity index (χ1v) is 7.64. The summed E-state index contributed by atoms with van der Waals surface area (Å²) in [4.78, 5) is 4.15. The third-order valence-electron chi connectivity index (χ3n) is 3.58. The van der Waals surface area contributed by atoms with Crippen molar-refractivity contribution >= 4 is 22.8 Å².